The van der Waals surface area contributed by atoms with E-state index in [2.05, 4.69) is 27.3 Å². The molecule has 0 radical (unpaired) electrons. The van der Waals surface area contributed by atoms with E-state index in [-0.39, 0.29) is 6.04 Å². The molecule has 1 aromatic heterocycles. The maximum atomic E-state index is 5.44. The Balaban J connectivity index is 1.74. The van der Waals surface area contributed by atoms with Crippen LogP contribution in [0.4, 0.5) is 0 Å². The van der Waals surface area contributed by atoms with E-state index in [1.165, 1.54) is 19.3 Å². The molecule has 0 saturated carbocycles. The van der Waals surface area contributed by atoms with Crippen molar-refractivity contribution >= 4 is 0 Å². The van der Waals surface area contributed by atoms with E-state index in [0.717, 1.165) is 44.2 Å². The van der Waals surface area contributed by atoms with E-state index < -0.39 is 0 Å². The van der Waals surface area contributed by atoms with Crippen LogP contribution in [-0.4, -0.2) is 34.7 Å². The summed E-state index contributed by atoms with van der Waals surface area (Å²) in [5, 5.41) is 7.62. The molecule has 2 saturated heterocycles. The first-order chi connectivity index (χ1) is 8.88. The zero-order valence-electron chi connectivity index (χ0n) is 11.1. The number of aromatic nitrogens is 2. The highest BCUT2D eigenvalue weighted by atomic mass is 16.5. The lowest BCUT2D eigenvalue weighted by molar-refractivity contribution is 0.147. The predicted molar refractivity (Wildman–Crippen MR) is 68.1 cm³/mol. The van der Waals surface area contributed by atoms with Crippen molar-refractivity contribution in [1.82, 2.24) is 20.4 Å². The van der Waals surface area contributed by atoms with Crippen LogP contribution in [-0.2, 0) is 0 Å². The molecule has 5 heteroatoms. The number of hydrogen-bond acceptors (Lipinski definition) is 5. The normalized spacial score (nSPS) is 29.8. The van der Waals surface area contributed by atoms with E-state index in [9.17, 15) is 0 Å². The molecular formula is C13H22N4O. The van der Waals surface area contributed by atoms with Gasteiger partial charge in [0.05, 0.1) is 12.1 Å². The maximum absolute atomic E-state index is 5.44. The quantitative estimate of drug-likeness (QED) is 0.889. The highest BCUT2D eigenvalue weighted by molar-refractivity contribution is 5.00. The van der Waals surface area contributed by atoms with Gasteiger partial charge in [0.15, 0.2) is 5.82 Å². The third kappa shape index (κ3) is 2.29. The Hall–Kier alpha value is -0.940. The zero-order valence-corrected chi connectivity index (χ0v) is 11.1. The largest absolute Gasteiger partial charge is 0.338 e. The molecular weight excluding hydrogens is 228 g/mol. The van der Waals surface area contributed by atoms with Gasteiger partial charge in [-0.15, -0.1) is 0 Å². The third-order valence-electron chi connectivity index (χ3n) is 4.13. The number of rotatable bonds is 3. The summed E-state index contributed by atoms with van der Waals surface area (Å²) in [6.07, 6.45) is 6.04. The van der Waals surface area contributed by atoms with Crippen LogP contribution in [0, 0.1) is 0 Å². The summed E-state index contributed by atoms with van der Waals surface area (Å²) in [5.74, 6) is 1.67. The molecule has 0 aromatic carbocycles. The van der Waals surface area contributed by atoms with E-state index in [1.54, 1.807) is 0 Å². The standard InChI is InChI=1S/C13H22N4O/c1-2-17-9-4-3-7-11(17)12-15-13(18-16-12)10-6-5-8-14-10/h10-11,14H,2-9H2,1H3. The van der Waals surface area contributed by atoms with Crippen molar-refractivity contribution in [2.24, 2.45) is 0 Å². The van der Waals surface area contributed by atoms with Crippen molar-refractivity contribution in [1.29, 1.82) is 0 Å². The lowest BCUT2D eigenvalue weighted by atomic mass is 10.0. The Bertz CT molecular complexity index is 386. The lowest BCUT2D eigenvalue weighted by Crippen LogP contribution is -2.33. The molecule has 0 amide bonds. The van der Waals surface area contributed by atoms with Crippen LogP contribution >= 0.6 is 0 Å². The summed E-state index contributed by atoms with van der Waals surface area (Å²) in [6.45, 7) is 5.49. The first-order valence-corrected chi connectivity index (χ1v) is 7.19. The summed E-state index contributed by atoms with van der Waals surface area (Å²) in [6, 6.07) is 0.646. The average molecular weight is 250 g/mol. The second-order valence-corrected chi connectivity index (χ2v) is 5.28. The van der Waals surface area contributed by atoms with Crippen LogP contribution in [0.2, 0.25) is 0 Å². The van der Waals surface area contributed by atoms with E-state index in [0.29, 0.717) is 6.04 Å². The molecule has 0 spiro atoms. The van der Waals surface area contributed by atoms with Crippen LogP contribution in [0.15, 0.2) is 4.52 Å². The molecule has 100 valence electrons. The lowest BCUT2D eigenvalue weighted by Gasteiger charge is -2.32. The van der Waals surface area contributed by atoms with Crippen molar-refractivity contribution in [2.45, 2.75) is 51.1 Å². The van der Waals surface area contributed by atoms with Gasteiger partial charge >= 0.3 is 0 Å². The van der Waals surface area contributed by atoms with Crippen molar-refractivity contribution in [2.75, 3.05) is 19.6 Å². The van der Waals surface area contributed by atoms with Crippen LogP contribution in [0.5, 0.6) is 0 Å². The van der Waals surface area contributed by atoms with Gasteiger partial charge in [-0.2, -0.15) is 4.98 Å². The molecule has 0 aliphatic carbocycles. The SMILES string of the molecule is CCN1CCCCC1c1noc(C2CCCN2)n1. The highest BCUT2D eigenvalue weighted by Gasteiger charge is 2.29. The number of likely N-dealkylation sites (tertiary alicyclic amines) is 1. The molecule has 2 aliphatic rings. The number of piperidine rings is 1. The van der Waals surface area contributed by atoms with Gasteiger partial charge in [-0.25, -0.2) is 0 Å². The average Bonchev–Trinajstić information content (AvgIpc) is 3.09. The minimum absolute atomic E-state index is 0.282. The Morgan fingerprint density at radius 3 is 3.06 bits per heavy atom. The van der Waals surface area contributed by atoms with Crippen molar-refractivity contribution in [3.8, 4) is 0 Å². The number of nitrogens with one attached hydrogen (secondary N) is 1. The summed E-state index contributed by atoms with van der Waals surface area (Å²) >= 11 is 0. The molecule has 1 N–H and O–H groups in total. The van der Waals surface area contributed by atoms with Gasteiger partial charge in [0.2, 0.25) is 5.89 Å². The van der Waals surface area contributed by atoms with Crippen molar-refractivity contribution < 1.29 is 4.52 Å². The Labute approximate surface area is 108 Å². The fourth-order valence-electron chi connectivity index (χ4n) is 3.08. The molecule has 2 fully saturated rings. The van der Waals surface area contributed by atoms with Crippen LogP contribution in [0.25, 0.3) is 0 Å². The second-order valence-electron chi connectivity index (χ2n) is 5.28. The van der Waals surface area contributed by atoms with Gasteiger partial charge in [-0.05, 0) is 45.3 Å². The summed E-state index contributed by atoms with van der Waals surface area (Å²) in [7, 11) is 0. The maximum Gasteiger partial charge on any atom is 0.243 e. The van der Waals surface area contributed by atoms with E-state index in [4.69, 9.17) is 4.52 Å². The molecule has 3 rings (SSSR count). The summed E-state index contributed by atoms with van der Waals surface area (Å²) in [4.78, 5) is 7.09. The topological polar surface area (TPSA) is 54.2 Å². The predicted octanol–water partition coefficient (Wildman–Crippen LogP) is 2.04. The minimum Gasteiger partial charge on any atom is -0.338 e. The second kappa shape index (κ2) is 5.36. The first-order valence-electron chi connectivity index (χ1n) is 7.19. The first kappa shape index (κ1) is 12.1. The molecule has 2 unspecified atom stereocenters. The fourth-order valence-corrected chi connectivity index (χ4v) is 3.08. The van der Waals surface area contributed by atoms with Crippen LogP contribution < -0.4 is 5.32 Å². The number of hydrogen-bond donors (Lipinski definition) is 1. The molecule has 1 aromatic rings. The molecule has 2 atom stereocenters. The van der Waals surface area contributed by atoms with E-state index in [1.807, 2.05) is 0 Å². The zero-order chi connectivity index (χ0) is 12.4. The third-order valence-corrected chi connectivity index (χ3v) is 4.13. The number of nitrogens with zero attached hydrogens (tertiary/aromatic N) is 3. The molecule has 0 bridgehead atoms. The van der Waals surface area contributed by atoms with Gasteiger partial charge in [0, 0.05) is 0 Å². The Morgan fingerprint density at radius 1 is 1.33 bits per heavy atom. The van der Waals surface area contributed by atoms with E-state index >= 15 is 0 Å². The van der Waals surface area contributed by atoms with Gasteiger partial charge in [0.25, 0.3) is 0 Å². The molecule has 18 heavy (non-hydrogen) atoms. The minimum atomic E-state index is 0.282. The summed E-state index contributed by atoms with van der Waals surface area (Å²) in [5.41, 5.74) is 0. The molecule has 2 aliphatic heterocycles. The van der Waals surface area contributed by atoms with Crippen molar-refractivity contribution in [3.05, 3.63) is 11.7 Å². The highest BCUT2D eigenvalue weighted by Crippen LogP contribution is 2.30. The van der Waals surface area contributed by atoms with Crippen molar-refractivity contribution in [3.63, 3.8) is 0 Å². The van der Waals surface area contributed by atoms with Gasteiger partial charge in [0.1, 0.15) is 0 Å². The van der Waals surface area contributed by atoms with Gasteiger partial charge < -0.3 is 9.84 Å². The Morgan fingerprint density at radius 2 is 2.28 bits per heavy atom. The van der Waals surface area contributed by atoms with Gasteiger partial charge in [-0.3, -0.25) is 4.90 Å². The smallest absolute Gasteiger partial charge is 0.243 e. The molecule has 5 nitrogen and oxygen atoms in total. The molecule has 3 heterocycles. The van der Waals surface area contributed by atoms with Gasteiger partial charge in [-0.1, -0.05) is 18.5 Å². The Kier molecular flexibility index (Phi) is 3.61. The monoisotopic (exact) mass is 250 g/mol. The van der Waals surface area contributed by atoms with Crippen LogP contribution in [0.3, 0.4) is 0 Å². The van der Waals surface area contributed by atoms with Crippen LogP contribution in [0.1, 0.15) is 62.8 Å². The fraction of sp³-hybridized carbons (Fsp3) is 0.846. The summed E-state index contributed by atoms with van der Waals surface area (Å²) < 4.78 is 5.44.